The Bertz CT molecular complexity index is 1100. The Labute approximate surface area is 172 Å². The zero-order valence-corrected chi connectivity index (χ0v) is 17.3. The second-order valence-corrected chi connectivity index (χ2v) is 9.38. The van der Waals surface area contributed by atoms with Crippen LogP contribution in [0.2, 0.25) is 0 Å². The number of anilines is 1. The summed E-state index contributed by atoms with van der Waals surface area (Å²) in [5.41, 5.74) is 1.49. The average molecular weight is 434 g/mol. The van der Waals surface area contributed by atoms with E-state index in [2.05, 4.69) is 16.1 Å². The van der Waals surface area contributed by atoms with Crippen molar-refractivity contribution in [3.8, 4) is 6.07 Å². The summed E-state index contributed by atoms with van der Waals surface area (Å²) in [5, 5.41) is 12.5. The molecule has 1 aromatic carbocycles. The summed E-state index contributed by atoms with van der Waals surface area (Å²) >= 11 is 1.38. The van der Waals surface area contributed by atoms with Gasteiger partial charge in [0.1, 0.15) is 11.1 Å². The number of hydrogen-bond acceptors (Lipinski definition) is 7. The first kappa shape index (κ1) is 21.0. The van der Waals surface area contributed by atoms with Gasteiger partial charge in [-0.25, -0.2) is 17.9 Å². The third-order valence-electron chi connectivity index (χ3n) is 4.52. The molecule has 0 saturated carbocycles. The van der Waals surface area contributed by atoms with E-state index in [1.165, 1.54) is 42.6 Å². The first-order valence-corrected chi connectivity index (χ1v) is 11.2. The number of thiophene rings is 1. The minimum absolute atomic E-state index is 0.0124. The number of ether oxygens (including phenoxy) is 1. The lowest BCUT2D eigenvalue weighted by Gasteiger charge is -2.09. The minimum atomic E-state index is -3.70. The number of amides is 1. The van der Waals surface area contributed by atoms with Gasteiger partial charge in [0, 0.05) is 4.88 Å². The largest absolute Gasteiger partial charge is 0.452 e. The van der Waals surface area contributed by atoms with Crippen molar-refractivity contribution in [1.82, 2.24) is 4.72 Å². The second-order valence-electron chi connectivity index (χ2n) is 6.39. The molecule has 1 aromatic heterocycles. The van der Waals surface area contributed by atoms with Gasteiger partial charge >= 0.3 is 5.97 Å². The summed E-state index contributed by atoms with van der Waals surface area (Å²) in [6.07, 6.45) is 3.80. The molecule has 2 aromatic rings. The molecule has 0 radical (unpaired) electrons. The van der Waals surface area contributed by atoms with Crippen LogP contribution in [-0.4, -0.2) is 33.9 Å². The van der Waals surface area contributed by atoms with Crippen LogP contribution < -0.4 is 10.0 Å². The maximum Gasteiger partial charge on any atom is 0.338 e. The van der Waals surface area contributed by atoms with E-state index in [-0.39, 0.29) is 10.5 Å². The van der Waals surface area contributed by atoms with Crippen molar-refractivity contribution >= 4 is 38.2 Å². The van der Waals surface area contributed by atoms with E-state index in [1.807, 2.05) is 0 Å². The van der Waals surface area contributed by atoms with Gasteiger partial charge in [0.05, 0.1) is 16.0 Å². The van der Waals surface area contributed by atoms with Gasteiger partial charge in [-0.2, -0.15) is 5.26 Å². The van der Waals surface area contributed by atoms with Crippen LogP contribution in [0.4, 0.5) is 5.00 Å². The quantitative estimate of drug-likeness (QED) is 0.673. The molecule has 0 fully saturated rings. The summed E-state index contributed by atoms with van der Waals surface area (Å²) in [4.78, 5) is 25.4. The maximum atomic E-state index is 12.2. The van der Waals surface area contributed by atoms with Gasteiger partial charge in [0.2, 0.25) is 10.0 Å². The molecule has 1 heterocycles. The number of esters is 1. The van der Waals surface area contributed by atoms with E-state index in [9.17, 15) is 23.3 Å². The van der Waals surface area contributed by atoms with Crippen LogP contribution in [0.25, 0.3) is 0 Å². The standard InChI is InChI=1S/C19H19N3O5S2/c1-21-29(25,26)13-6-4-5-12(9-13)19(24)27-11-17(23)22-18-15(10-20)14-7-2-3-8-16(14)28-18/h4-6,9,21H,2-3,7-8,11H2,1H3,(H,22,23). The van der Waals surface area contributed by atoms with Gasteiger partial charge < -0.3 is 10.1 Å². The Kier molecular flexibility index (Phi) is 6.32. The van der Waals surface area contributed by atoms with E-state index in [4.69, 9.17) is 4.74 Å². The molecule has 10 heteroatoms. The maximum absolute atomic E-state index is 12.2. The molecule has 1 aliphatic rings. The van der Waals surface area contributed by atoms with Gasteiger partial charge in [-0.3, -0.25) is 4.79 Å². The lowest BCUT2D eigenvalue weighted by molar-refractivity contribution is -0.119. The first-order chi connectivity index (χ1) is 13.9. The third kappa shape index (κ3) is 4.64. The highest BCUT2D eigenvalue weighted by Gasteiger charge is 2.22. The molecule has 152 valence electrons. The third-order valence-corrected chi connectivity index (χ3v) is 7.14. The smallest absolute Gasteiger partial charge is 0.338 e. The highest BCUT2D eigenvalue weighted by atomic mass is 32.2. The van der Waals surface area contributed by atoms with Crippen LogP contribution in [0.3, 0.4) is 0 Å². The molecule has 1 amide bonds. The van der Waals surface area contributed by atoms with Crippen molar-refractivity contribution in [1.29, 1.82) is 5.26 Å². The second kappa shape index (κ2) is 8.73. The van der Waals surface area contributed by atoms with Crippen LogP contribution in [-0.2, 0) is 32.4 Å². The molecule has 0 atom stereocenters. The van der Waals surface area contributed by atoms with Crippen LogP contribution >= 0.6 is 11.3 Å². The molecular formula is C19H19N3O5S2. The predicted molar refractivity (Wildman–Crippen MR) is 107 cm³/mol. The Morgan fingerprint density at radius 1 is 1.28 bits per heavy atom. The molecule has 0 spiro atoms. The average Bonchev–Trinajstić information content (AvgIpc) is 3.08. The van der Waals surface area contributed by atoms with Gasteiger partial charge in [0.25, 0.3) is 5.91 Å². The van der Waals surface area contributed by atoms with Gasteiger partial charge in [0.15, 0.2) is 6.61 Å². The summed E-state index contributed by atoms with van der Waals surface area (Å²) in [5.74, 6) is -1.38. The zero-order valence-electron chi connectivity index (χ0n) is 15.6. The van der Waals surface area contributed by atoms with Crippen LogP contribution in [0, 0.1) is 11.3 Å². The zero-order chi connectivity index (χ0) is 21.0. The summed E-state index contributed by atoms with van der Waals surface area (Å²) in [7, 11) is -2.44. The number of aryl methyl sites for hydroxylation is 1. The minimum Gasteiger partial charge on any atom is -0.452 e. The van der Waals surface area contributed by atoms with Crippen LogP contribution in [0.15, 0.2) is 29.2 Å². The number of fused-ring (bicyclic) bond motifs is 1. The molecule has 0 saturated heterocycles. The van der Waals surface area contributed by atoms with Gasteiger partial charge in [-0.05, 0) is 56.5 Å². The Morgan fingerprint density at radius 2 is 2.03 bits per heavy atom. The van der Waals surface area contributed by atoms with Crippen molar-refractivity contribution in [3.05, 3.63) is 45.8 Å². The number of sulfonamides is 1. The molecule has 29 heavy (non-hydrogen) atoms. The van der Waals surface area contributed by atoms with Crippen molar-refractivity contribution in [2.75, 3.05) is 19.0 Å². The number of nitriles is 1. The van der Waals surface area contributed by atoms with Crippen molar-refractivity contribution in [2.24, 2.45) is 0 Å². The fraction of sp³-hybridized carbons (Fsp3) is 0.316. The Hall–Kier alpha value is -2.74. The van der Waals surface area contributed by atoms with Crippen LogP contribution in [0.5, 0.6) is 0 Å². The molecule has 8 nitrogen and oxygen atoms in total. The van der Waals surface area contributed by atoms with Crippen molar-refractivity contribution in [2.45, 2.75) is 30.6 Å². The van der Waals surface area contributed by atoms with Gasteiger partial charge in [-0.15, -0.1) is 11.3 Å². The van der Waals surface area contributed by atoms with E-state index < -0.39 is 28.5 Å². The molecule has 0 unspecified atom stereocenters. The van der Waals surface area contributed by atoms with Crippen molar-refractivity contribution < 1.29 is 22.7 Å². The highest BCUT2D eigenvalue weighted by Crippen LogP contribution is 2.37. The summed E-state index contributed by atoms with van der Waals surface area (Å²) < 4.78 is 30.8. The normalized spacial score (nSPS) is 13.2. The number of rotatable bonds is 6. The fourth-order valence-corrected chi connectivity index (χ4v) is 5.09. The number of nitrogens with zero attached hydrogens (tertiary/aromatic N) is 1. The van der Waals surface area contributed by atoms with E-state index in [1.54, 1.807) is 0 Å². The predicted octanol–water partition coefficient (Wildman–Crippen LogP) is 2.20. The lowest BCUT2D eigenvalue weighted by Crippen LogP contribution is -2.21. The first-order valence-electron chi connectivity index (χ1n) is 8.91. The molecule has 2 N–H and O–H groups in total. The lowest BCUT2D eigenvalue weighted by atomic mass is 9.96. The van der Waals surface area contributed by atoms with Crippen molar-refractivity contribution in [3.63, 3.8) is 0 Å². The fourth-order valence-electron chi connectivity index (χ4n) is 3.06. The summed E-state index contributed by atoms with van der Waals surface area (Å²) in [6, 6.07) is 7.48. The SMILES string of the molecule is CNS(=O)(=O)c1cccc(C(=O)OCC(=O)Nc2sc3c(c2C#N)CCCC3)c1. The number of benzene rings is 1. The van der Waals surface area contributed by atoms with Crippen LogP contribution in [0.1, 0.15) is 39.2 Å². The Balaban J connectivity index is 1.65. The van der Waals surface area contributed by atoms with E-state index >= 15 is 0 Å². The molecule has 0 bridgehead atoms. The van der Waals surface area contributed by atoms with E-state index in [0.717, 1.165) is 36.1 Å². The number of carbonyl (C=O) groups is 2. The topological polar surface area (TPSA) is 125 Å². The summed E-state index contributed by atoms with van der Waals surface area (Å²) in [6.45, 7) is -0.546. The molecular weight excluding hydrogens is 414 g/mol. The highest BCUT2D eigenvalue weighted by molar-refractivity contribution is 7.89. The molecule has 0 aliphatic heterocycles. The number of hydrogen-bond donors (Lipinski definition) is 2. The number of nitrogens with one attached hydrogen (secondary N) is 2. The number of carbonyl (C=O) groups excluding carboxylic acids is 2. The van der Waals surface area contributed by atoms with E-state index in [0.29, 0.717) is 10.6 Å². The molecule has 1 aliphatic carbocycles. The van der Waals surface area contributed by atoms with Gasteiger partial charge in [-0.1, -0.05) is 6.07 Å². The monoisotopic (exact) mass is 433 g/mol. The Morgan fingerprint density at radius 3 is 2.76 bits per heavy atom. The molecule has 3 rings (SSSR count).